The molecule has 0 aliphatic carbocycles. The van der Waals surface area contributed by atoms with Crippen molar-refractivity contribution in [3.8, 4) is 0 Å². The summed E-state index contributed by atoms with van der Waals surface area (Å²) >= 11 is 0. The van der Waals surface area contributed by atoms with Crippen molar-refractivity contribution in [3.05, 3.63) is 42.8 Å². The van der Waals surface area contributed by atoms with Gasteiger partial charge in [-0.3, -0.25) is 4.90 Å². The van der Waals surface area contributed by atoms with Crippen molar-refractivity contribution in [3.63, 3.8) is 0 Å². The van der Waals surface area contributed by atoms with E-state index in [4.69, 9.17) is 6.92 Å². The molecule has 68 valence electrons. The molecule has 0 aromatic heterocycles. The van der Waals surface area contributed by atoms with E-state index >= 15 is 0 Å². The topological polar surface area (TPSA) is 3.24 Å². The number of benzene rings is 1. The van der Waals surface area contributed by atoms with Gasteiger partial charge < -0.3 is 0 Å². The Kier molecular flexibility index (Phi) is 2.65. The van der Waals surface area contributed by atoms with Gasteiger partial charge in [-0.05, 0) is 31.9 Å². The molecule has 1 nitrogen and oxygen atoms in total. The van der Waals surface area contributed by atoms with Crippen LogP contribution in [-0.2, 0) is 6.54 Å². The van der Waals surface area contributed by atoms with Crippen LogP contribution < -0.4 is 0 Å². The Morgan fingerprint density at radius 2 is 2.08 bits per heavy atom. The maximum Gasteiger partial charge on any atom is 0.0236 e. The molecule has 1 heterocycles. The first-order valence-electron chi connectivity index (χ1n) is 4.90. The fraction of sp³-hybridized carbons (Fsp3) is 0.417. The molecule has 1 aliphatic rings. The third kappa shape index (κ3) is 2.10. The monoisotopic (exact) mass is 173 g/mol. The molecule has 1 heteroatoms. The lowest BCUT2D eigenvalue weighted by Crippen LogP contribution is -2.26. The summed E-state index contributed by atoms with van der Waals surface area (Å²) in [4.78, 5) is 2.34. The summed E-state index contributed by atoms with van der Waals surface area (Å²) in [5.74, 6) is 0. The predicted octanol–water partition coefficient (Wildman–Crippen LogP) is 2.36. The molecule has 1 aliphatic heterocycles. The first-order valence-corrected chi connectivity index (χ1v) is 4.90. The van der Waals surface area contributed by atoms with E-state index in [1.165, 1.54) is 12.0 Å². The van der Waals surface area contributed by atoms with E-state index in [2.05, 4.69) is 29.2 Å². The molecular formula is C12H15N. The Morgan fingerprint density at radius 3 is 2.69 bits per heavy atom. The van der Waals surface area contributed by atoms with Gasteiger partial charge >= 0.3 is 0 Å². The van der Waals surface area contributed by atoms with Crippen molar-refractivity contribution in [1.82, 2.24) is 4.90 Å². The summed E-state index contributed by atoms with van der Waals surface area (Å²) in [7, 11) is 0. The molecule has 13 heavy (non-hydrogen) atoms. The minimum absolute atomic E-state index is 0.278. The van der Waals surface area contributed by atoms with Crippen molar-refractivity contribution in [2.75, 3.05) is 6.54 Å². The first kappa shape index (κ1) is 8.76. The molecule has 1 aromatic carbocycles. The Balaban J connectivity index is 1.98. The van der Waals surface area contributed by atoms with Crippen LogP contribution in [0.3, 0.4) is 0 Å². The van der Waals surface area contributed by atoms with E-state index in [1.807, 2.05) is 6.07 Å². The third-order valence-electron chi connectivity index (χ3n) is 2.64. The smallest absolute Gasteiger partial charge is 0.0236 e. The number of rotatable bonds is 2. The molecule has 0 spiro atoms. The highest BCUT2D eigenvalue weighted by Gasteiger charge is 2.19. The molecule has 0 amide bonds. The first-order chi connectivity index (χ1) is 6.36. The predicted molar refractivity (Wildman–Crippen MR) is 54.2 cm³/mol. The van der Waals surface area contributed by atoms with Gasteiger partial charge in [-0.15, -0.1) is 0 Å². The molecular weight excluding hydrogens is 158 g/mol. The second kappa shape index (κ2) is 3.93. The Hall–Kier alpha value is -0.820. The normalized spacial score (nSPS) is 23.6. The van der Waals surface area contributed by atoms with Crippen LogP contribution in [0.15, 0.2) is 30.3 Å². The number of likely N-dealkylation sites (tertiary alicyclic amines) is 1. The van der Waals surface area contributed by atoms with Gasteiger partial charge in [-0.1, -0.05) is 30.3 Å². The molecule has 2 radical (unpaired) electrons. The molecule has 1 fully saturated rings. The highest BCUT2D eigenvalue weighted by atomic mass is 15.2. The van der Waals surface area contributed by atoms with E-state index in [0.717, 1.165) is 19.5 Å². The molecule has 0 saturated carbocycles. The summed E-state index contributed by atoms with van der Waals surface area (Å²) < 4.78 is 0. The van der Waals surface area contributed by atoms with Crippen LogP contribution >= 0.6 is 0 Å². The molecule has 1 unspecified atom stereocenters. The minimum Gasteiger partial charge on any atom is -0.296 e. The Labute approximate surface area is 80.4 Å². The zero-order valence-electron chi connectivity index (χ0n) is 7.82. The van der Waals surface area contributed by atoms with Crippen LogP contribution in [0.1, 0.15) is 18.4 Å². The fourth-order valence-electron chi connectivity index (χ4n) is 1.87. The summed E-state index contributed by atoms with van der Waals surface area (Å²) in [5, 5.41) is 0. The van der Waals surface area contributed by atoms with E-state index in [9.17, 15) is 0 Å². The van der Waals surface area contributed by atoms with Gasteiger partial charge in [-0.25, -0.2) is 0 Å². The quantitative estimate of drug-likeness (QED) is 0.663. The maximum atomic E-state index is 5.95. The van der Waals surface area contributed by atoms with Crippen LogP contribution in [-0.4, -0.2) is 17.5 Å². The highest BCUT2D eigenvalue weighted by molar-refractivity contribution is 5.14. The maximum absolute atomic E-state index is 5.95. The van der Waals surface area contributed by atoms with Crippen LogP contribution in [0.2, 0.25) is 0 Å². The largest absolute Gasteiger partial charge is 0.296 e. The molecule has 1 saturated heterocycles. The van der Waals surface area contributed by atoms with Gasteiger partial charge in [-0.2, -0.15) is 0 Å². The van der Waals surface area contributed by atoms with Gasteiger partial charge in [0.05, 0.1) is 0 Å². The van der Waals surface area contributed by atoms with E-state index in [0.29, 0.717) is 0 Å². The fourth-order valence-corrected chi connectivity index (χ4v) is 1.87. The summed E-state index contributed by atoms with van der Waals surface area (Å²) in [6.07, 6.45) is 2.39. The van der Waals surface area contributed by atoms with Crippen molar-refractivity contribution in [2.24, 2.45) is 0 Å². The second-order valence-corrected chi connectivity index (χ2v) is 3.67. The average Bonchev–Trinajstić information content (AvgIpc) is 2.54. The summed E-state index contributed by atoms with van der Waals surface area (Å²) in [6, 6.07) is 10.8. The summed E-state index contributed by atoms with van der Waals surface area (Å²) in [6.45, 7) is 8.10. The van der Waals surface area contributed by atoms with Crippen LogP contribution in [0.25, 0.3) is 0 Å². The van der Waals surface area contributed by atoms with Crippen LogP contribution in [0, 0.1) is 6.92 Å². The van der Waals surface area contributed by atoms with Gasteiger partial charge in [0.2, 0.25) is 0 Å². The highest BCUT2D eigenvalue weighted by Crippen LogP contribution is 2.18. The molecule has 0 N–H and O–H groups in total. The van der Waals surface area contributed by atoms with Crippen LogP contribution in [0.4, 0.5) is 0 Å². The van der Waals surface area contributed by atoms with Crippen molar-refractivity contribution >= 4 is 0 Å². The zero-order valence-corrected chi connectivity index (χ0v) is 7.82. The average molecular weight is 173 g/mol. The van der Waals surface area contributed by atoms with Crippen molar-refractivity contribution < 1.29 is 0 Å². The molecule has 1 atom stereocenters. The lowest BCUT2D eigenvalue weighted by molar-refractivity contribution is 0.280. The van der Waals surface area contributed by atoms with E-state index in [-0.39, 0.29) is 6.04 Å². The van der Waals surface area contributed by atoms with Gasteiger partial charge in [0.25, 0.3) is 0 Å². The summed E-state index contributed by atoms with van der Waals surface area (Å²) in [5.41, 5.74) is 1.36. The Morgan fingerprint density at radius 1 is 1.31 bits per heavy atom. The number of hydrogen-bond acceptors (Lipinski definition) is 1. The molecule has 1 aromatic rings. The van der Waals surface area contributed by atoms with Crippen molar-refractivity contribution in [2.45, 2.75) is 25.4 Å². The lowest BCUT2D eigenvalue weighted by Gasteiger charge is -2.20. The number of hydrogen-bond donors (Lipinski definition) is 0. The van der Waals surface area contributed by atoms with E-state index in [1.54, 1.807) is 0 Å². The Bertz CT molecular complexity index is 255. The number of nitrogens with zero attached hydrogens (tertiary/aromatic N) is 1. The SMILES string of the molecule is [CH]C1CCCN1Cc1ccccc1. The van der Waals surface area contributed by atoms with Gasteiger partial charge in [0.15, 0.2) is 0 Å². The minimum atomic E-state index is 0.278. The standard InChI is InChI=1S/C12H15N/c1-11-6-5-9-13(11)10-12-7-3-2-4-8-12/h1-4,7-8,11H,5-6,9-10H2. The third-order valence-corrected chi connectivity index (χ3v) is 2.64. The second-order valence-electron chi connectivity index (χ2n) is 3.67. The van der Waals surface area contributed by atoms with Gasteiger partial charge in [0.1, 0.15) is 0 Å². The lowest BCUT2D eigenvalue weighted by atomic mass is 10.2. The van der Waals surface area contributed by atoms with E-state index < -0.39 is 0 Å². The van der Waals surface area contributed by atoms with Crippen LogP contribution in [0.5, 0.6) is 0 Å². The zero-order chi connectivity index (χ0) is 9.10. The van der Waals surface area contributed by atoms with Crippen molar-refractivity contribution in [1.29, 1.82) is 0 Å². The molecule has 0 bridgehead atoms. The molecule has 2 rings (SSSR count). The van der Waals surface area contributed by atoms with Gasteiger partial charge in [0, 0.05) is 12.6 Å².